The number of allylic oxidation sites excluding steroid dienone is 2. The molecule has 1 aliphatic carbocycles. The van der Waals surface area contributed by atoms with Crippen molar-refractivity contribution < 1.29 is 8.42 Å². The van der Waals surface area contributed by atoms with Crippen molar-refractivity contribution in [2.45, 2.75) is 31.4 Å². The van der Waals surface area contributed by atoms with E-state index in [-0.39, 0.29) is 16.6 Å². The van der Waals surface area contributed by atoms with Gasteiger partial charge in [0, 0.05) is 5.41 Å². The zero-order chi connectivity index (χ0) is 10.6. The molecule has 0 aromatic rings. The third kappa shape index (κ3) is 1.12. The van der Waals surface area contributed by atoms with Crippen LogP contribution < -0.4 is 0 Å². The van der Waals surface area contributed by atoms with Crippen molar-refractivity contribution in [3.05, 3.63) is 12.2 Å². The molecule has 0 unspecified atom stereocenters. The lowest BCUT2D eigenvalue weighted by Crippen LogP contribution is -2.40. The first-order chi connectivity index (χ1) is 6.32. The number of fused-ring (bicyclic) bond motifs is 1. The van der Waals surface area contributed by atoms with E-state index in [4.69, 9.17) is 11.6 Å². The Labute approximate surface area is 90.3 Å². The predicted molar refractivity (Wildman–Crippen MR) is 58.0 cm³/mol. The van der Waals surface area contributed by atoms with Crippen LogP contribution >= 0.6 is 11.6 Å². The maximum Gasteiger partial charge on any atom is 0.168 e. The fraction of sp³-hybridized carbons (Fsp3) is 0.800. The molecule has 0 amide bonds. The molecule has 4 heteroatoms. The van der Waals surface area contributed by atoms with E-state index < -0.39 is 14.5 Å². The molecule has 0 radical (unpaired) electrons. The molecule has 0 aromatic heterocycles. The van der Waals surface area contributed by atoms with Crippen LogP contribution in [-0.4, -0.2) is 18.9 Å². The minimum atomic E-state index is -3.10. The van der Waals surface area contributed by atoms with Gasteiger partial charge in [-0.05, 0) is 18.3 Å². The van der Waals surface area contributed by atoms with Gasteiger partial charge in [-0.15, -0.1) is 11.6 Å². The van der Waals surface area contributed by atoms with Crippen LogP contribution in [0.4, 0.5) is 0 Å². The Morgan fingerprint density at radius 3 is 2.43 bits per heavy atom. The van der Waals surface area contributed by atoms with Crippen LogP contribution in [0.2, 0.25) is 0 Å². The van der Waals surface area contributed by atoms with Gasteiger partial charge < -0.3 is 0 Å². The molecule has 80 valence electrons. The maximum absolute atomic E-state index is 11.8. The van der Waals surface area contributed by atoms with Crippen molar-refractivity contribution >= 4 is 21.4 Å². The Morgan fingerprint density at radius 2 is 1.86 bits per heavy atom. The smallest absolute Gasteiger partial charge is 0.168 e. The fourth-order valence-electron chi connectivity index (χ4n) is 2.66. The summed E-state index contributed by atoms with van der Waals surface area (Å²) in [5, 5.41) is 0. The molecular weight excluding hydrogens is 220 g/mol. The van der Waals surface area contributed by atoms with Crippen molar-refractivity contribution in [3.8, 4) is 0 Å². The Morgan fingerprint density at radius 1 is 1.29 bits per heavy atom. The average molecular weight is 235 g/mol. The largest absolute Gasteiger partial charge is 0.227 e. The molecule has 1 saturated heterocycles. The van der Waals surface area contributed by atoms with Crippen molar-refractivity contribution in [2.24, 2.45) is 10.8 Å². The van der Waals surface area contributed by atoms with Crippen molar-refractivity contribution in [3.63, 3.8) is 0 Å². The molecule has 2 nitrogen and oxygen atoms in total. The molecule has 0 aromatic carbocycles. The normalized spacial score (nSPS) is 50.4. The summed E-state index contributed by atoms with van der Waals surface area (Å²) in [6, 6.07) is 0. The molecule has 2 rings (SSSR count). The minimum Gasteiger partial charge on any atom is -0.227 e. The molecule has 0 N–H and O–H groups in total. The van der Waals surface area contributed by atoms with E-state index in [1.165, 1.54) is 0 Å². The summed E-state index contributed by atoms with van der Waals surface area (Å²) in [4.78, 5) is 0. The standard InChI is InChI=1S/C10H15ClO2S/c1-9-5-3-4-6-10(9,2)8(11)14(12,13)7-9/h3-4,8H,5-7H2,1-2H3/t8-,9-,10+/m0/s1. The van der Waals surface area contributed by atoms with Gasteiger partial charge in [0.2, 0.25) is 0 Å². The SMILES string of the molecule is C[C@@]12CC=CC[C@]1(C)[C@@H](Cl)S(=O)(=O)C2. The second-order valence-electron chi connectivity index (χ2n) is 4.98. The number of rotatable bonds is 0. The predicted octanol–water partition coefficient (Wildman–Crippen LogP) is 2.34. The van der Waals surface area contributed by atoms with Crippen LogP contribution in [0, 0.1) is 10.8 Å². The summed E-state index contributed by atoms with van der Waals surface area (Å²) >= 11 is 6.09. The Kier molecular flexibility index (Phi) is 2.07. The van der Waals surface area contributed by atoms with Crippen molar-refractivity contribution in [1.29, 1.82) is 0 Å². The highest BCUT2D eigenvalue weighted by molar-refractivity contribution is 7.93. The quantitative estimate of drug-likeness (QED) is 0.476. The summed E-state index contributed by atoms with van der Waals surface area (Å²) in [7, 11) is -3.10. The van der Waals surface area contributed by atoms with Gasteiger partial charge >= 0.3 is 0 Å². The lowest BCUT2D eigenvalue weighted by atomic mass is 9.62. The van der Waals surface area contributed by atoms with Gasteiger partial charge in [0.1, 0.15) is 4.71 Å². The first-order valence-corrected chi connectivity index (χ1v) is 6.98. The Balaban J connectivity index is 2.55. The van der Waals surface area contributed by atoms with Crippen molar-refractivity contribution in [1.82, 2.24) is 0 Å². The second-order valence-corrected chi connectivity index (χ2v) is 7.76. The van der Waals surface area contributed by atoms with Crippen LogP contribution in [-0.2, 0) is 9.84 Å². The summed E-state index contributed by atoms with van der Waals surface area (Å²) in [5.74, 6) is 0.231. The van der Waals surface area contributed by atoms with E-state index >= 15 is 0 Å². The Bertz CT molecular complexity index is 387. The summed E-state index contributed by atoms with van der Waals surface area (Å²) in [5.41, 5.74) is -0.463. The van der Waals surface area contributed by atoms with E-state index in [1.807, 2.05) is 13.8 Å². The van der Waals surface area contributed by atoms with Crippen LogP contribution in [0.15, 0.2) is 12.2 Å². The van der Waals surface area contributed by atoms with Gasteiger partial charge in [-0.25, -0.2) is 8.42 Å². The lowest BCUT2D eigenvalue weighted by Gasteiger charge is -2.42. The zero-order valence-corrected chi connectivity index (χ0v) is 10.0. The van der Waals surface area contributed by atoms with Crippen LogP contribution in [0.3, 0.4) is 0 Å². The molecule has 1 fully saturated rings. The topological polar surface area (TPSA) is 34.1 Å². The summed E-state index contributed by atoms with van der Waals surface area (Å²) in [6.07, 6.45) is 5.73. The average Bonchev–Trinajstić information content (AvgIpc) is 2.21. The molecule has 1 aliphatic heterocycles. The highest BCUT2D eigenvalue weighted by atomic mass is 35.5. The third-order valence-electron chi connectivity index (χ3n) is 3.99. The second kappa shape index (κ2) is 2.76. The van der Waals surface area contributed by atoms with E-state index in [2.05, 4.69) is 12.2 Å². The molecule has 0 spiro atoms. The lowest BCUT2D eigenvalue weighted by molar-refractivity contribution is 0.122. The molecule has 3 atom stereocenters. The first-order valence-electron chi connectivity index (χ1n) is 4.83. The van der Waals surface area contributed by atoms with Gasteiger partial charge in [-0.1, -0.05) is 26.0 Å². The monoisotopic (exact) mass is 234 g/mol. The third-order valence-corrected chi connectivity index (χ3v) is 7.48. The van der Waals surface area contributed by atoms with Crippen LogP contribution in [0.25, 0.3) is 0 Å². The van der Waals surface area contributed by atoms with Crippen LogP contribution in [0.5, 0.6) is 0 Å². The van der Waals surface area contributed by atoms with Gasteiger partial charge in [0.05, 0.1) is 5.75 Å². The van der Waals surface area contributed by atoms with E-state index in [9.17, 15) is 8.42 Å². The maximum atomic E-state index is 11.8. The van der Waals surface area contributed by atoms with Gasteiger partial charge in [-0.3, -0.25) is 0 Å². The van der Waals surface area contributed by atoms with Gasteiger partial charge in [0.25, 0.3) is 0 Å². The van der Waals surface area contributed by atoms with E-state index in [0.717, 1.165) is 12.8 Å². The van der Waals surface area contributed by atoms with Gasteiger partial charge in [0.15, 0.2) is 9.84 Å². The number of hydrogen-bond acceptors (Lipinski definition) is 2. The molecule has 2 aliphatic rings. The molecule has 1 heterocycles. The summed E-state index contributed by atoms with van der Waals surface area (Å²) < 4.78 is 22.8. The first kappa shape index (κ1) is 10.5. The van der Waals surface area contributed by atoms with E-state index in [0.29, 0.717) is 0 Å². The summed E-state index contributed by atoms with van der Waals surface area (Å²) in [6.45, 7) is 4.04. The van der Waals surface area contributed by atoms with E-state index in [1.54, 1.807) is 0 Å². The Hall–Kier alpha value is -0.0200. The van der Waals surface area contributed by atoms with Crippen molar-refractivity contribution in [2.75, 3.05) is 5.75 Å². The minimum absolute atomic E-state index is 0.174. The number of halogens is 1. The molecule has 14 heavy (non-hydrogen) atoms. The fourth-order valence-corrected chi connectivity index (χ4v) is 5.85. The van der Waals surface area contributed by atoms with Crippen LogP contribution in [0.1, 0.15) is 26.7 Å². The van der Waals surface area contributed by atoms with Gasteiger partial charge in [-0.2, -0.15) is 0 Å². The highest BCUT2D eigenvalue weighted by Gasteiger charge is 2.61. The number of hydrogen-bond donors (Lipinski definition) is 0. The number of alkyl halides is 1. The molecule has 0 saturated carbocycles. The zero-order valence-electron chi connectivity index (χ0n) is 8.46. The molecule has 0 bridgehead atoms. The highest BCUT2D eigenvalue weighted by Crippen LogP contribution is 2.59. The number of sulfone groups is 1. The molecular formula is C10H15ClO2S.